The molecule has 2 atom stereocenters. The highest BCUT2D eigenvalue weighted by atomic mass is 19.1. The number of hydrogen-bond acceptors (Lipinski definition) is 1. The average molecular weight is 362 g/mol. The fourth-order valence-corrected chi connectivity index (χ4v) is 5.06. The molecule has 0 aliphatic carbocycles. The van der Waals surface area contributed by atoms with Gasteiger partial charge in [-0.3, -0.25) is 4.79 Å². The van der Waals surface area contributed by atoms with Crippen LogP contribution >= 0.6 is 0 Å². The normalized spacial score (nSPS) is 24.5. The van der Waals surface area contributed by atoms with Gasteiger partial charge in [0.15, 0.2) is 0 Å². The van der Waals surface area contributed by atoms with Gasteiger partial charge in [-0.05, 0) is 72.9 Å². The number of fused-ring (bicyclic) bond motifs is 3. The third-order valence-corrected chi connectivity index (χ3v) is 6.44. The van der Waals surface area contributed by atoms with Gasteiger partial charge in [0, 0.05) is 36.4 Å². The second-order valence-electron chi connectivity index (χ2n) is 8.02. The average Bonchev–Trinajstić information content (AvgIpc) is 3.18. The summed E-state index contributed by atoms with van der Waals surface area (Å²) < 4.78 is 15.3. The molecule has 2 aliphatic heterocycles. The molecule has 2 unspecified atom stereocenters. The van der Waals surface area contributed by atoms with Crippen molar-refractivity contribution in [2.75, 3.05) is 0 Å². The summed E-state index contributed by atoms with van der Waals surface area (Å²) in [5, 5.41) is 1.16. The molecule has 0 spiro atoms. The van der Waals surface area contributed by atoms with E-state index >= 15 is 0 Å². The van der Waals surface area contributed by atoms with Gasteiger partial charge >= 0.3 is 0 Å². The van der Waals surface area contributed by atoms with Gasteiger partial charge in [0.1, 0.15) is 5.82 Å². The summed E-state index contributed by atoms with van der Waals surface area (Å²) in [6.45, 7) is 0. The summed E-state index contributed by atoms with van der Waals surface area (Å²) in [4.78, 5) is 15.4. The van der Waals surface area contributed by atoms with Crippen molar-refractivity contribution in [3.63, 3.8) is 0 Å². The van der Waals surface area contributed by atoms with Crippen LogP contribution in [0.1, 0.15) is 47.5 Å². The molecule has 1 aromatic heterocycles. The molecule has 2 bridgehead atoms. The molecule has 138 valence electrons. The Morgan fingerprint density at radius 3 is 2.41 bits per heavy atom. The van der Waals surface area contributed by atoms with Crippen molar-refractivity contribution in [3.8, 4) is 0 Å². The van der Waals surface area contributed by atoms with Crippen molar-refractivity contribution >= 4 is 16.8 Å². The van der Waals surface area contributed by atoms with Crippen molar-refractivity contribution in [1.29, 1.82) is 0 Å². The molecule has 3 nitrogen and oxygen atoms in total. The molecule has 27 heavy (non-hydrogen) atoms. The summed E-state index contributed by atoms with van der Waals surface area (Å²) in [7, 11) is 2.01. The van der Waals surface area contributed by atoms with E-state index in [0.29, 0.717) is 5.92 Å². The lowest BCUT2D eigenvalue weighted by Crippen LogP contribution is -2.46. The third-order valence-electron chi connectivity index (χ3n) is 6.44. The Morgan fingerprint density at radius 1 is 1.00 bits per heavy atom. The molecule has 2 aromatic carbocycles. The monoisotopic (exact) mass is 362 g/mol. The number of carbonyl (C=O) groups is 1. The van der Waals surface area contributed by atoms with E-state index in [2.05, 4.69) is 15.5 Å². The van der Waals surface area contributed by atoms with Gasteiger partial charge in [0.05, 0.1) is 0 Å². The van der Waals surface area contributed by atoms with E-state index in [9.17, 15) is 9.18 Å². The minimum absolute atomic E-state index is 0.156. The Balaban J connectivity index is 1.40. The topological polar surface area (TPSA) is 25.2 Å². The summed E-state index contributed by atoms with van der Waals surface area (Å²) in [6, 6.07) is 15.6. The maximum absolute atomic E-state index is 13.3. The number of nitrogens with zero attached hydrogens (tertiary/aromatic N) is 2. The highest BCUT2D eigenvalue weighted by molar-refractivity contribution is 5.98. The van der Waals surface area contributed by atoms with Crippen LogP contribution in [-0.2, 0) is 7.05 Å². The highest BCUT2D eigenvalue weighted by Crippen LogP contribution is 2.43. The van der Waals surface area contributed by atoms with Crippen molar-refractivity contribution in [2.45, 2.75) is 43.7 Å². The molecule has 3 aromatic rings. The van der Waals surface area contributed by atoms with Crippen LogP contribution in [0.2, 0.25) is 0 Å². The first kappa shape index (κ1) is 16.5. The second-order valence-corrected chi connectivity index (χ2v) is 8.02. The van der Waals surface area contributed by atoms with Crippen LogP contribution in [0.5, 0.6) is 0 Å². The number of carbonyl (C=O) groups excluding carboxylic acids is 1. The third kappa shape index (κ3) is 2.75. The lowest BCUT2D eigenvalue weighted by molar-refractivity contribution is 0.0571. The van der Waals surface area contributed by atoms with Crippen LogP contribution in [0.4, 0.5) is 4.39 Å². The Morgan fingerprint density at radius 2 is 1.70 bits per heavy atom. The Kier molecular flexibility index (Phi) is 3.81. The smallest absolute Gasteiger partial charge is 0.254 e. The van der Waals surface area contributed by atoms with Gasteiger partial charge in [-0.1, -0.05) is 18.2 Å². The van der Waals surface area contributed by atoms with E-state index in [1.54, 1.807) is 12.1 Å². The summed E-state index contributed by atoms with van der Waals surface area (Å²) in [5.41, 5.74) is 3.07. The van der Waals surface area contributed by atoms with Crippen LogP contribution in [-0.4, -0.2) is 27.5 Å². The molecule has 0 radical (unpaired) electrons. The van der Waals surface area contributed by atoms with Gasteiger partial charge in [0.25, 0.3) is 5.91 Å². The number of halogens is 1. The maximum Gasteiger partial charge on any atom is 0.254 e. The number of hydrogen-bond donors (Lipinski definition) is 0. The first-order chi connectivity index (χ1) is 13.1. The summed E-state index contributed by atoms with van der Waals surface area (Å²) >= 11 is 0. The van der Waals surface area contributed by atoms with Crippen LogP contribution in [0.3, 0.4) is 0 Å². The van der Waals surface area contributed by atoms with Crippen LogP contribution < -0.4 is 0 Å². The lowest BCUT2D eigenvalue weighted by atomic mass is 9.85. The van der Waals surface area contributed by atoms with Crippen molar-refractivity contribution in [3.05, 3.63) is 71.7 Å². The first-order valence-electron chi connectivity index (χ1n) is 9.73. The molecular formula is C23H23FN2O. The van der Waals surface area contributed by atoms with E-state index in [1.165, 1.54) is 5.56 Å². The predicted molar refractivity (Wildman–Crippen MR) is 104 cm³/mol. The summed E-state index contributed by atoms with van der Waals surface area (Å²) in [5.74, 6) is 0.385. The number of rotatable bonds is 2. The zero-order chi connectivity index (χ0) is 18.5. The van der Waals surface area contributed by atoms with E-state index in [1.807, 2.05) is 43.6 Å². The molecule has 2 fully saturated rings. The zero-order valence-electron chi connectivity index (χ0n) is 15.4. The largest absolute Gasteiger partial charge is 0.351 e. The van der Waals surface area contributed by atoms with E-state index in [0.717, 1.165) is 42.1 Å². The molecule has 2 aliphatic rings. The fraction of sp³-hybridized carbons (Fsp3) is 0.348. The summed E-state index contributed by atoms with van der Waals surface area (Å²) in [6.07, 6.45) is 6.11. The molecule has 3 heterocycles. The van der Waals surface area contributed by atoms with Crippen LogP contribution in [0, 0.1) is 5.82 Å². The molecule has 5 rings (SSSR count). The van der Waals surface area contributed by atoms with Gasteiger partial charge in [-0.25, -0.2) is 4.39 Å². The highest BCUT2D eigenvalue weighted by Gasteiger charge is 2.43. The van der Waals surface area contributed by atoms with Crippen molar-refractivity contribution in [1.82, 2.24) is 9.47 Å². The van der Waals surface area contributed by atoms with E-state index in [-0.39, 0.29) is 23.8 Å². The second kappa shape index (κ2) is 6.22. The molecule has 0 saturated carbocycles. The lowest BCUT2D eigenvalue weighted by Gasteiger charge is -2.39. The maximum atomic E-state index is 13.3. The predicted octanol–water partition coefficient (Wildman–Crippen LogP) is 4.87. The number of benzene rings is 2. The van der Waals surface area contributed by atoms with Gasteiger partial charge in [-0.2, -0.15) is 0 Å². The van der Waals surface area contributed by atoms with E-state index in [4.69, 9.17) is 0 Å². The fourth-order valence-electron chi connectivity index (χ4n) is 5.06. The molecule has 2 saturated heterocycles. The number of aromatic nitrogens is 1. The van der Waals surface area contributed by atoms with Crippen molar-refractivity contribution in [2.24, 2.45) is 7.05 Å². The molecule has 4 heteroatoms. The Labute approximate surface area is 158 Å². The SMILES string of the molecule is Cn1ccc2ccc(C(=O)N3C4CCC3CC(c3ccc(F)cc3)C4)cc21. The molecule has 1 amide bonds. The Bertz CT molecular complexity index is 993. The van der Waals surface area contributed by atoms with Gasteiger partial charge < -0.3 is 9.47 Å². The quantitative estimate of drug-likeness (QED) is 0.639. The standard InChI is InChI=1S/C23H23FN2O/c1-25-11-10-16-2-3-17(14-22(16)25)23(27)26-20-8-9-21(26)13-18(12-20)15-4-6-19(24)7-5-15/h2-7,10-11,14,18,20-21H,8-9,12-13H2,1H3. The number of piperidine rings is 1. The van der Waals surface area contributed by atoms with E-state index < -0.39 is 0 Å². The van der Waals surface area contributed by atoms with Crippen molar-refractivity contribution < 1.29 is 9.18 Å². The minimum atomic E-state index is -0.189. The van der Waals surface area contributed by atoms with Crippen LogP contribution in [0.25, 0.3) is 10.9 Å². The van der Waals surface area contributed by atoms with Gasteiger partial charge in [-0.15, -0.1) is 0 Å². The van der Waals surface area contributed by atoms with Crippen LogP contribution in [0.15, 0.2) is 54.7 Å². The number of amides is 1. The zero-order valence-corrected chi connectivity index (χ0v) is 15.4. The minimum Gasteiger partial charge on any atom is -0.351 e. The number of aryl methyl sites for hydroxylation is 1. The Hall–Kier alpha value is -2.62. The first-order valence-corrected chi connectivity index (χ1v) is 9.73. The molecular weight excluding hydrogens is 339 g/mol. The van der Waals surface area contributed by atoms with Gasteiger partial charge in [0.2, 0.25) is 0 Å². The molecule has 0 N–H and O–H groups in total.